The molecule has 0 spiro atoms. The maximum Gasteiger partial charge on any atom is 0.283 e. The number of amides is 1. The molecule has 0 saturated heterocycles. The predicted molar refractivity (Wildman–Crippen MR) is 106 cm³/mol. The summed E-state index contributed by atoms with van der Waals surface area (Å²) in [4.78, 5) is 29.1. The number of aromatic nitrogens is 2. The van der Waals surface area contributed by atoms with Crippen molar-refractivity contribution < 1.29 is 4.79 Å². The maximum absolute atomic E-state index is 12.6. The third-order valence-corrected chi connectivity index (χ3v) is 5.08. The summed E-state index contributed by atoms with van der Waals surface area (Å²) in [5.74, 6) is -0.0138. The van der Waals surface area contributed by atoms with Gasteiger partial charge in [0, 0.05) is 18.1 Å². The van der Waals surface area contributed by atoms with Crippen LogP contribution in [-0.4, -0.2) is 21.2 Å². The molecule has 0 aliphatic rings. The molecule has 2 aromatic carbocycles. The van der Waals surface area contributed by atoms with Crippen molar-refractivity contribution in [2.24, 2.45) is 0 Å². The SMILES string of the molecule is CCn1c(=O)c(SCC(=O)NCc2ccc(Cl)cc2)nc2ccccc21. The molecule has 1 aromatic heterocycles. The van der Waals surface area contributed by atoms with Gasteiger partial charge in [0.1, 0.15) is 0 Å². The molecule has 0 unspecified atom stereocenters. The van der Waals surface area contributed by atoms with Crippen LogP contribution in [0.25, 0.3) is 11.0 Å². The molecular weight excluding hydrogens is 370 g/mol. The average Bonchev–Trinajstić information content (AvgIpc) is 2.66. The van der Waals surface area contributed by atoms with Gasteiger partial charge in [0.15, 0.2) is 5.03 Å². The largest absolute Gasteiger partial charge is 0.351 e. The third-order valence-electron chi connectivity index (χ3n) is 3.88. The Morgan fingerprint density at radius 1 is 1.19 bits per heavy atom. The van der Waals surface area contributed by atoms with Crippen molar-refractivity contribution in [3.63, 3.8) is 0 Å². The van der Waals surface area contributed by atoms with E-state index < -0.39 is 0 Å². The highest BCUT2D eigenvalue weighted by Gasteiger charge is 2.12. The van der Waals surface area contributed by atoms with Crippen molar-refractivity contribution in [1.29, 1.82) is 0 Å². The molecular formula is C19H18ClN3O2S. The van der Waals surface area contributed by atoms with Gasteiger partial charge in [-0.1, -0.05) is 47.6 Å². The van der Waals surface area contributed by atoms with E-state index in [1.54, 1.807) is 16.7 Å². The number of rotatable bonds is 6. The number of nitrogens with one attached hydrogen (secondary N) is 1. The number of benzene rings is 2. The molecule has 134 valence electrons. The van der Waals surface area contributed by atoms with Crippen LogP contribution in [0.4, 0.5) is 0 Å². The number of fused-ring (bicyclic) bond motifs is 1. The van der Waals surface area contributed by atoms with Gasteiger partial charge in [-0.3, -0.25) is 9.59 Å². The number of carbonyl (C=O) groups excluding carboxylic acids is 1. The summed E-state index contributed by atoms with van der Waals surface area (Å²) in [7, 11) is 0. The van der Waals surface area contributed by atoms with Gasteiger partial charge in [0.2, 0.25) is 5.91 Å². The minimum absolute atomic E-state index is 0.137. The fourth-order valence-electron chi connectivity index (χ4n) is 2.56. The Kier molecular flexibility index (Phi) is 5.96. The molecule has 7 heteroatoms. The molecule has 0 saturated carbocycles. The molecule has 3 rings (SSSR count). The number of para-hydroxylation sites is 2. The van der Waals surface area contributed by atoms with Crippen LogP contribution in [0.5, 0.6) is 0 Å². The van der Waals surface area contributed by atoms with Gasteiger partial charge in [0.25, 0.3) is 5.56 Å². The van der Waals surface area contributed by atoms with E-state index in [0.29, 0.717) is 23.1 Å². The van der Waals surface area contributed by atoms with Crippen LogP contribution in [0.2, 0.25) is 5.02 Å². The molecule has 3 aromatic rings. The van der Waals surface area contributed by atoms with Gasteiger partial charge in [0.05, 0.1) is 16.8 Å². The maximum atomic E-state index is 12.6. The lowest BCUT2D eigenvalue weighted by atomic mass is 10.2. The van der Waals surface area contributed by atoms with Crippen molar-refractivity contribution in [3.05, 3.63) is 69.5 Å². The molecule has 0 bridgehead atoms. The Morgan fingerprint density at radius 3 is 2.65 bits per heavy atom. The smallest absolute Gasteiger partial charge is 0.283 e. The summed E-state index contributed by atoms with van der Waals surface area (Å²) in [6.45, 7) is 2.89. The van der Waals surface area contributed by atoms with Crippen LogP contribution in [0.15, 0.2) is 58.4 Å². The standard InChI is InChI=1S/C19H18ClN3O2S/c1-2-23-16-6-4-3-5-15(16)22-18(19(23)25)26-12-17(24)21-11-13-7-9-14(20)10-8-13/h3-10H,2,11-12H2,1H3,(H,21,24). The van der Waals surface area contributed by atoms with Crippen LogP contribution < -0.4 is 10.9 Å². The summed E-state index contributed by atoms with van der Waals surface area (Å²) < 4.78 is 1.68. The number of nitrogens with zero attached hydrogens (tertiary/aromatic N) is 2. The monoisotopic (exact) mass is 387 g/mol. The lowest BCUT2D eigenvalue weighted by Crippen LogP contribution is -2.26. The number of hydrogen-bond donors (Lipinski definition) is 1. The fourth-order valence-corrected chi connectivity index (χ4v) is 3.46. The van der Waals surface area contributed by atoms with E-state index in [0.717, 1.165) is 28.4 Å². The lowest BCUT2D eigenvalue weighted by Gasteiger charge is -2.10. The van der Waals surface area contributed by atoms with Crippen LogP contribution in [0.3, 0.4) is 0 Å². The summed E-state index contributed by atoms with van der Waals surface area (Å²) in [5, 5.41) is 3.83. The van der Waals surface area contributed by atoms with E-state index in [9.17, 15) is 9.59 Å². The van der Waals surface area contributed by atoms with Crippen molar-refractivity contribution in [1.82, 2.24) is 14.9 Å². The third kappa shape index (κ3) is 4.26. The molecule has 0 aliphatic carbocycles. The quantitative estimate of drug-likeness (QED) is 0.658. The number of hydrogen-bond acceptors (Lipinski definition) is 4. The van der Waals surface area contributed by atoms with Crippen molar-refractivity contribution in [2.75, 3.05) is 5.75 Å². The first kappa shape index (κ1) is 18.5. The Balaban J connectivity index is 1.67. The Hall–Kier alpha value is -2.31. The summed E-state index contributed by atoms with van der Waals surface area (Å²) in [5.41, 5.74) is 2.35. The Bertz CT molecular complexity index is 986. The van der Waals surface area contributed by atoms with Crippen molar-refractivity contribution >= 4 is 40.3 Å². The number of halogens is 1. The van der Waals surface area contributed by atoms with E-state index in [2.05, 4.69) is 10.3 Å². The molecule has 1 N–H and O–H groups in total. The lowest BCUT2D eigenvalue weighted by molar-refractivity contribution is -0.118. The van der Waals surface area contributed by atoms with Gasteiger partial charge in [-0.15, -0.1) is 0 Å². The van der Waals surface area contributed by atoms with E-state index in [1.165, 1.54) is 0 Å². The second-order valence-corrected chi connectivity index (χ2v) is 7.05. The molecule has 0 radical (unpaired) electrons. The molecule has 5 nitrogen and oxygen atoms in total. The van der Waals surface area contributed by atoms with E-state index in [-0.39, 0.29) is 17.2 Å². The Morgan fingerprint density at radius 2 is 1.92 bits per heavy atom. The van der Waals surface area contributed by atoms with Crippen LogP contribution >= 0.6 is 23.4 Å². The minimum atomic E-state index is -0.165. The summed E-state index contributed by atoms with van der Waals surface area (Å²) >= 11 is 7.00. The zero-order valence-electron chi connectivity index (χ0n) is 14.2. The second-order valence-electron chi connectivity index (χ2n) is 5.65. The van der Waals surface area contributed by atoms with Crippen LogP contribution in [-0.2, 0) is 17.9 Å². The number of aryl methyl sites for hydroxylation is 1. The van der Waals surface area contributed by atoms with Crippen LogP contribution in [0, 0.1) is 0 Å². The summed E-state index contributed by atoms with van der Waals surface area (Å²) in [6, 6.07) is 14.8. The molecule has 0 atom stereocenters. The van der Waals surface area contributed by atoms with Crippen LogP contribution in [0.1, 0.15) is 12.5 Å². The average molecular weight is 388 g/mol. The number of thioether (sulfide) groups is 1. The molecule has 26 heavy (non-hydrogen) atoms. The first-order valence-corrected chi connectivity index (χ1v) is 9.58. The van der Waals surface area contributed by atoms with Crippen molar-refractivity contribution in [2.45, 2.75) is 25.0 Å². The second kappa shape index (κ2) is 8.38. The number of carbonyl (C=O) groups is 1. The van der Waals surface area contributed by atoms with Crippen molar-refractivity contribution in [3.8, 4) is 0 Å². The predicted octanol–water partition coefficient (Wildman–Crippen LogP) is 3.48. The first-order chi connectivity index (χ1) is 12.6. The zero-order valence-corrected chi connectivity index (χ0v) is 15.8. The fraction of sp³-hybridized carbons (Fsp3) is 0.211. The van der Waals surface area contributed by atoms with Gasteiger partial charge in [-0.2, -0.15) is 0 Å². The molecule has 0 aliphatic heterocycles. The molecule has 0 fully saturated rings. The highest BCUT2D eigenvalue weighted by molar-refractivity contribution is 7.99. The topological polar surface area (TPSA) is 64.0 Å². The molecule has 1 heterocycles. The Labute approximate surface area is 160 Å². The van der Waals surface area contributed by atoms with E-state index >= 15 is 0 Å². The van der Waals surface area contributed by atoms with Gasteiger partial charge in [-0.25, -0.2) is 4.98 Å². The normalized spacial score (nSPS) is 10.8. The highest BCUT2D eigenvalue weighted by atomic mass is 35.5. The van der Waals surface area contributed by atoms with Gasteiger partial charge in [-0.05, 0) is 36.8 Å². The first-order valence-electron chi connectivity index (χ1n) is 8.22. The van der Waals surface area contributed by atoms with Gasteiger partial charge >= 0.3 is 0 Å². The van der Waals surface area contributed by atoms with Gasteiger partial charge < -0.3 is 9.88 Å². The van der Waals surface area contributed by atoms with E-state index in [4.69, 9.17) is 11.6 Å². The van der Waals surface area contributed by atoms with E-state index in [1.807, 2.05) is 43.3 Å². The summed E-state index contributed by atoms with van der Waals surface area (Å²) in [6.07, 6.45) is 0. The minimum Gasteiger partial charge on any atom is -0.351 e. The molecule has 1 amide bonds. The zero-order chi connectivity index (χ0) is 18.5. The highest BCUT2D eigenvalue weighted by Crippen LogP contribution is 2.16.